The Morgan fingerprint density at radius 1 is 1.29 bits per heavy atom. The number of hydrogen-bond acceptors (Lipinski definition) is 7. The minimum absolute atomic E-state index is 0.0419. The van der Waals surface area contributed by atoms with Crippen LogP contribution in [0, 0.1) is 6.92 Å². The molecule has 3 rings (SSSR count). The highest BCUT2D eigenvalue weighted by Gasteiger charge is 2.32. The smallest absolute Gasteiger partial charge is 0.246 e. The van der Waals surface area contributed by atoms with E-state index in [-0.39, 0.29) is 11.0 Å². The lowest BCUT2D eigenvalue weighted by Crippen LogP contribution is -2.41. The van der Waals surface area contributed by atoms with Crippen LogP contribution in [0.4, 0.5) is 0 Å². The normalized spacial score (nSPS) is 16.9. The molecule has 0 radical (unpaired) electrons. The van der Waals surface area contributed by atoms with Gasteiger partial charge >= 0.3 is 0 Å². The maximum atomic E-state index is 12.9. The van der Waals surface area contributed by atoms with Crippen molar-refractivity contribution in [2.24, 2.45) is 0 Å². The first-order chi connectivity index (χ1) is 11.5. The Morgan fingerprint density at radius 2 is 2.04 bits per heavy atom. The zero-order valence-electron chi connectivity index (χ0n) is 13.5. The molecule has 0 unspecified atom stereocenters. The van der Waals surface area contributed by atoms with Crippen LogP contribution >= 0.6 is 11.7 Å². The fourth-order valence-corrected chi connectivity index (χ4v) is 4.76. The predicted octanol–water partition coefficient (Wildman–Crippen LogP) is 2.09. The fraction of sp³-hybridized carbons (Fsp3) is 0.467. The number of piperidine rings is 1. The molecule has 0 atom stereocenters. The van der Waals surface area contributed by atoms with Gasteiger partial charge in [-0.1, -0.05) is 6.07 Å². The lowest BCUT2D eigenvalue weighted by atomic mass is 10.1. The molecule has 0 saturated carbocycles. The molecule has 2 heterocycles. The number of ether oxygens (including phenoxy) is 2. The van der Waals surface area contributed by atoms with E-state index < -0.39 is 10.0 Å². The molecule has 1 aromatic carbocycles. The summed E-state index contributed by atoms with van der Waals surface area (Å²) in [6.07, 6.45) is 2.76. The molecule has 0 bridgehead atoms. The van der Waals surface area contributed by atoms with E-state index in [0.717, 1.165) is 17.3 Å². The Bertz CT molecular complexity index is 785. The van der Waals surface area contributed by atoms with E-state index in [1.165, 1.54) is 11.4 Å². The van der Waals surface area contributed by atoms with Crippen LogP contribution in [0.1, 0.15) is 18.4 Å². The topological polar surface area (TPSA) is 81.6 Å². The molecule has 1 aromatic heterocycles. The van der Waals surface area contributed by atoms with E-state index in [1.54, 1.807) is 18.3 Å². The second-order valence-corrected chi connectivity index (χ2v) is 8.08. The monoisotopic (exact) mass is 369 g/mol. The summed E-state index contributed by atoms with van der Waals surface area (Å²) < 4.78 is 46.2. The zero-order valence-corrected chi connectivity index (χ0v) is 15.1. The Hall–Kier alpha value is -1.71. The Morgan fingerprint density at radius 3 is 2.67 bits per heavy atom. The van der Waals surface area contributed by atoms with Crippen LogP contribution < -0.4 is 9.47 Å². The third-order valence-corrected chi connectivity index (χ3v) is 6.35. The summed E-state index contributed by atoms with van der Waals surface area (Å²) in [5.41, 5.74) is 0.878. The van der Waals surface area contributed by atoms with E-state index in [2.05, 4.69) is 8.75 Å². The molecule has 2 aromatic rings. The van der Waals surface area contributed by atoms with Crippen molar-refractivity contribution in [3.8, 4) is 11.6 Å². The highest BCUT2D eigenvalue weighted by atomic mass is 32.2. The number of aryl methyl sites for hydroxylation is 1. The van der Waals surface area contributed by atoms with Crippen LogP contribution in [0.2, 0.25) is 0 Å². The largest absolute Gasteiger partial charge is 0.495 e. The summed E-state index contributed by atoms with van der Waals surface area (Å²) in [7, 11) is -2.11. The number of sulfonamides is 1. The van der Waals surface area contributed by atoms with Gasteiger partial charge in [0.15, 0.2) is 0 Å². The quantitative estimate of drug-likeness (QED) is 0.803. The second-order valence-electron chi connectivity index (χ2n) is 5.62. The first-order valence-corrected chi connectivity index (χ1v) is 9.77. The van der Waals surface area contributed by atoms with Crippen LogP contribution in [-0.4, -0.2) is 47.8 Å². The van der Waals surface area contributed by atoms with Gasteiger partial charge in [-0.3, -0.25) is 0 Å². The van der Waals surface area contributed by atoms with Crippen molar-refractivity contribution >= 4 is 21.8 Å². The van der Waals surface area contributed by atoms with Crippen LogP contribution in [0.15, 0.2) is 29.3 Å². The molecule has 7 nitrogen and oxygen atoms in total. The number of benzene rings is 1. The molecule has 0 spiro atoms. The van der Waals surface area contributed by atoms with Gasteiger partial charge in [0.2, 0.25) is 15.9 Å². The molecule has 9 heteroatoms. The Kier molecular flexibility index (Phi) is 5.02. The second kappa shape index (κ2) is 7.04. The molecule has 1 saturated heterocycles. The molecular weight excluding hydrogens is 350 g/mol. The maximum absolute atomic E-state index is 12.9. The standard InChI is InChI=1S/C15H19N3O4S2/c1-11-3-4-13(21-2)14(9-11)24(19,20)18-7-5-12(6-8-18)22-15-10-16-23-17-15/h3-4,9-10,12H,5-8H2,1-2H3. The molecule has 0 amide bonds. The van der Waals surface area contributed by atoms with Gasteiger partial charge in [-0.15, -0.1) is 4.37 Å². The third kappa shape index (κ3) is 3.52. The maximum Gasteiger partial charge on any atom is 0.246 e. The number of nitrogens with zero attached hydrogens (tertiary/aromatic N) is 3. The number of hydrogen-bond donors (Lipinski definition) is 0. The van der Waals surface area contributed by atoms with Crippen LogP contribution in [-0.2, 0) is 10.0 Å². The number of aromatic nitrogens is 2. The molecular formula is C15H19N3O4S2. The van der Waals surface area contributed by atoms with Crippen molar-refractivity contribution < 1.29 is 17.9 Å². The number of rotatable bonds is 5. The average molecular weight is 369 g/mol. The summed E-state index contributed by atoms with van der Waals surface area (Å²) in [5.74, 6) is 0.870. The minimum atomic E-state index is -3.59. The predicted molar refractivity (Wildman–Crippen MR) is 90.0 cm³/mol. The molecule has 0 N–H and O–H groups in total. The molecule has 130 valence electrons. The molecule has 1 aliphatic heterocycles. The Labute approximate surface area is 145 Å². The van der Waals surface area contributed by atoms with Gasteiger partial charge < -0.3 is 9.47 Å². The van der Waals surface area contributed by atoms with Crippen molar-refractivity contribution in [2.45, 2.75) is 30.8 Å². The summed E-state index contributed by atoms with van der Waals surface area (Å²) in [6.45, 7) is 2.67. The number of methoxy groups -OCH3 is 1. The SMILES string of the molecule is COc1ccc(C)cc1S(=O)(=O)N1CCC(Oc2cnsn2)CC1. The molecule has 1 fully saturated rings. The summed E-state index contributed by atoms with van der Waals surface area (Å²) in [4.78, 5) is 0.216. The van der Waals surface area contributed by atoms with Gasteiger partial charge in [0.25, 0.3) is 0 Å². The van der Waals surface area contributed by atoms with Gasteiger partial charge in [-0.05, 0) is 37.5 Å². The van der Waals surface area contributed by atoms with E-state index in [1.807, 2.05) is 13.0 Å². The van der Waals surface area contributed by atoms with Crippen LogP contribution in [0.25, 0.3) is 0 Å². The van der Waals surface area contributed by atoms with Crippen molar-refractivity contribution in [2.75, 3.05) is 20.2 Å². The van der Waals surface area contributed by atoms with Gasteiger partial charge in [0.05, 0.1) is 18.8 Å². The van der Waals surface area contributed by atoms with Crippen molar-refractivity contribution in [1.29, 1.82) is 0 Å². The van der Waals surface area contributed by atoms with Gasteiger partial charge in [0, 0.05) is 13.1 Å². The van der Waals surface area contributed by atoms with Crippen molar-refractivity contribution in [3.05, 3.63) is 30.0 Å². The molecule has 0 aliphatic carbocycles. The molecule has 1 aliphatic rings. The fourth-order valence-electron chi connectivity index (χ4n) is 2.69. The van der Waals surface area contributed by atoms with Crippen LogP contribution in [0.3, 0.4) is 0 Å². The summed E-state index contributed by atoms with van der Waals surface area (Å²) in [5, 5.41) is 0. The van der Waals surface area contributed by atoms with Gasteiger partial charge in [-0.2, -0.15) is 8.68 Å². The first kappa shape index (κ1) is 17.1. The van der Waals surface area contributed by atoms with E-state index in [0.29, 0.717) is 37.6 Å². The first-order valence-electron chi connectivity index (χ1n) is 7.59. The third-order valence-electron chi connectivity index (χ3n) is 3.97. The molecule has 24 heavy (non-hydrogen) atoms. The highest BCUT2D eigenvalue weighted by molar-refractivity contribution is 7.89. The minimum Gasteiger partial charge on any atom is -0.495 e. The summed E-state index contributed by atoms with van der Waals surface area (Å²) in [6, 6.07) is 5.17. The highest BCUT2D eigenvalue weighted by Crippen LogP contribution is 2.30. The van der Waals surface area contributed by atoms with E-state index in [9.17, 15) is 8.42 Å². The van der Waals surface area contributed by atoms with Crippen molar-refractivity contribution in [1.82, 2.24) is 13.1 Å². The average Bonchev–Trinajstić information content (AvgIpc) is 3.08. The lowest BCUT2D eigenvalue weighted by molar-refractivity contribution is 0.131. The van der Waals surface area contributed by atoms with Gasteiger partial charge in [-0.25, -0.2) is 8.42 Å². The Balaban J connectivity index is 1.72. The van der Waals surface area contributed by atoms with Crippen LogP contribution in [0.5, 0.6) is 11.6 Å². The van der Waals surface area contributed by atoms with E-state index in [4.69, 9.17) is 9.47 Å². The zero-order chi connectivity index (χ0) is 17.2. The summed E-state index contributed by atoms with van der Waals surface area (Å²) >= 11 is 1.09. The lowest BCUT2D eigenvalue weighted by Gasteiger charge is -2.31. The van der Waals surface area contributed by atoms with E-state index >= 15 is 0 Å². The van der Waals surface area contributed by atoms with Crippen molar-refractivity contribution in [3.63, 3.8) is 0 Å². The van der Waals surface area contributed by atoms with Gasteiger partial charge in [0.1, 0.15) is 22.9 Å².